The van der Waals surface area contributed by atoms with Crippen molar-refractivity contribution in [3.8, 4) is 0 Å². The first-order valence-corrected chi connectivity index (χ1v) is 11.0. The van der Waals surface area contributed by atoms with Crippen molar-refractivity contribution in [1.82, 2.24) is 9.62 Å². The van der Waals surface area contributed by atoms with Crippen LogP contribution in [0.1, 0.15) is 31.2 Å². The van der Waals surface area contributed by atoms with Gasteiger partial charge in [0.15, 0.2) is 0 Å². The van der Waals surface area contributed by atoms with Crippen molar-refractivity contribution in [2.45, 2.75) is 43.0 Å². The molecule has 0 saturated carbocycles. The van der Waals surface area contributed by atoms with Crippen molar-refractivity contribution in [2.24, 2.45) is 0 Å². The van der Waals surface area contributed by atoms with Crippen LogP contribution in [0.2, 0.25) is 0 Å². The van der Waals surface area contributed by atoms with E-state index in [0.717, 1.165) is 44.4 Å². The number of carbonyl (C=O) groups is 1. The Balaban J connectivity index is 1.49. The summed E-state index contributed by atoms with van der Waals surface area (Å²) in [6, 6.07) is 15.0. The second-order valence-corrected chi connectivity index (χ2v) is 8.78. The van der Waals surface area contributed by atoms with Crippen LogP contribution in [-0.2, 0) is 21.2 Å². The number of nitrogens with one attached hydrogen (secondary N) is 1. The molecule has 1 atom stereocenters. The summed E-state index contributed by atoms with van der Waals surface area (Å²) in [6.07, 6.45) is 3.91. The van der Waals surface area contributed by atoms with E-state index in [1.54, 1.807) is 0 Å². The fourth-order valence-electron chi connectivity index (χ4n) is 3.58. The van der Waals surface area contributed by atoms with Crippen LogP contribution in [0.4, 0.5) is 4.39 Å². The number of benzene rings is 2. The highest BCUT2D eigenvalue weighted by molar-refractivity contribution is 7.89. The van der Waals surface area contributed by atoms with Crippen molar-refractivity contribution in [3.63, 3.8) is 0 Å². The van der Waals surface area contributed by atoms with Crippen LogP contribution in [0, 0.1) is 5.82 Å². The van der Waals surface area contributed by atoms with Crippen LogP contribution >= 0.6 is 0 Å². The first-order chi connectivity index (χ1) is 13.5. The standard InChI is InChI=1S/C21H25FN2O3S/c22-18-9-12-20(13-10-18)28(26,27)23-15-14-21(25)24-16-4-7-19(24)11-8-17-5-2-1-3-6-17/h1-3,5-6,9-10,12-13,19,23H,4,7-8,11,14-16H2. The molecular weight excluding hydrogens is 379 g/mol. The van der Waals surface area contributed by atoms with E-state index in [-0.39, 0.29) is 29.8 Å². The first-order valence-electron chi connectivity index (χ1n) is 9.54. The number of likely N-dealkylation sites (tertiary alicyclic amines) is 1. The maximum atomic E-state index is 12.9. The molecule has 1 saturated heterocycles. The number of carbonyl (C=O) groups excluding carboxylic acids is 1. The molecule has 150 valence electrons. The number of sulfonamides is 1. The summed E-state index contributed by atoms with van der Waals surface area (Å²) in [5.74, 6) is -0.526. The Morgan fingerprint density at radius 2 is 1.82 bits per heavy atom. The van der Waals surface area contributed by atoms with Crippen molar-refractivity contribution in [1.29, 1.82) is 0 Å². The highest BCUT2D eigenvalue weighted by Gasteiger charge is 2.28. The van der Waals surface area contributed by atoms with Gasteiger partial charge >= 0.3 is 0 Å². The van der Waals surface area contributed by atoms with E-state index in [2.05, 4.69) is 16.9 Å². The average molecular weight is 405 g/mol. The van der Waals surface area contributed by atoms with Crippen LogP contribution < -0.4 is 4.72 Å². The molecule has 0 radical (unpaired) electrons. The molecule has 0 aromatic heterocycles. The zero-order chi connectivity index (χ0) is 20.0. The van der Waals surface area contributed by atoms with E-state index in [1.165, 1.54) is 17.7 Å². The minimum Gasteiger partial charge on any atom is -0.340 e. The lowest BCUT2D eigenvalue weighted by Crippen LogP contribution is -2.38. The lowest BCUT2D eigenvalue weighted by atomic mass is 10.0. The summed E-state index contributed by atoms with van der Waals surface area (Å²) in [5.41, 5.74) is 1.26. The Morgan fingerprint density at radius 1 is 1.11 bits per heavy atom. The Morgan fingerprint density at radius 3 is 2.54 bits per heavy atom. The normalized spacial score (nSPS) is 17.0. The monoisotopic (exact) mass is 404 g/mol. The topological polar surface area (TPSA) is 66.5 Å². The Kier molecular flexibility index (Phi) is 6.80. The summed E-state index contributed by atoms with van der Waals surface area (Å²) >= 11 is 0. The Hall–Kier alpha value is -2.25. The minimum atomic E-state index is -3.74. The molecule has 3 rings (SSSR count). The lowest BCUT2D eigenvalue weighted by molar-refractivity contribution is -0.131. The number of hydrogen-bond donors (Lipinski definition) is 1. The van der Waals surface area contributed by atoms with Crippen LogP contribution in [0.5, 0.6) is 0 Å². The molecule has 0 bridgehead atoms. The molecule has 1 heterocycles. The molecule has 1 fully saturated rings. The molecule has 7 heteroatoms. The third-order valence-electron chi connectivity index (χ3n) is 5.06. The largest absolute Gasteiger partial charge is 0.340 e. The zero-order valence-electron chi connectivity index (χ0n) is 15.7. The van der Waals surface area contributed by atoms with Crippen molar-refractivity contribution >= 4 is 15.9 Å². The maximum absolute atomic E-state index is 12.9. The summed E-state index contributed by atoms with van der Waals surface area (Å²) in [6.45, 7) is 0.753. The fraction of sp³-hybridized carbons (Fsp3) is 0.381. The predicted octanol–water partition coefficient (Wildman–Crippen LogP) is 3.12. The van der Waals surface area contributed by atoms with Gasteiger partial charge in [-0.05, 0) is 55.5 Å². The van der Waals surface area contributed by atoms with Crippen molar-refractivity contribution in [3.05, 3.63) is 66.0 Å². The number of nitrogens with zero attached hydrogens (tertiary/aromatic N) is 1. The molecule has 1 aliphatic heterocycles. The number of aryl methyl sites for hydroxylation is 1. The average Bonchev–Trinajstić information content (AvgIpc) is 3.16. The zero-order valence-corrected chi connectivity index (χ0v) is 16.5. The van der Waals surface area contributed by atoms with Gasteiger partial charge in [0, 0.05) is 25.6 Å². The van der Waals surface area contributed by atoms with E-state index in [4.69, 9.17) is 0 Å². The van der Waals surface area contributed by atoms with Crippen LogP contribution in [-0.4, -0.2) is 38.4 Å². The number of hydrogen-bond acceptors (Lipinski definition) is 3. The molecule has 5 nitrogen and oxygen atoms in total. The quantitative estimate of drug-likeness (QED) is 0.735. The van der Waals surface area contributed by atoms with E-state index >= 15 is 0 Å². The molecule has 1 aliphatic rings. The predicted molar refractivity (Wildman–Crippen MR) is 106 cm³/mol. The smallest absolute Gasteiger partial charge is 0.240 e. The van der Waals surface area contributed by atoms with Crippen LogP contribution in [0.25, 0.3) is 0 Å². The van der Waals surface area contributed by atoms with Crippen molar-refractivity contribution < 1.29 is 17.6 Å². The van der Waals surface area contributed by atoms with E-state index < -0.39 is 15.8 Å². The van der Waals surface area contributed by atoms with Gasteiger partial charge in [0.05, 0.1) is 4.90 Å². The van der Waals surface area contributed by atoms with Gasteiger partial charge in [0.25, 0.3) is 0 Å². The third kappa shape index (κ3) is 5.39. The van der Waals surface area contributed by atoms with Crippen molar-refractivity contribution in [2.75, 3.05) is 13.1 Å². The number of halogens is 1. The van der Waals surface area contributed by atoms with Gasteiger partial charge in [0.1, 0.15) is 5.82 Å². The van der Waals surface area contributed by atoms with Crippen LogP contribution in [0.3, 0.4) is 0 Å². The molecule has 2 aromatic rings. The summed E-state index contributed by atoms with van der Waals surface area (Å²) in [4.78, 5) is 14.4. The maximum Gasteiger partial charge on any atom is 0.240 e. The van der Waals surface area contributed by atoms with Crippen LogP contribution in [0.15, 0.2) is 59.5 Å². The van der Waals surface area contributed by atoms with E-state index in [9.17, 15) is 17.6 Å². The first kappa shape index (κ1) is 20.5. The van der Waals surface area contributed by atoms with Gasteiger partial charge in [-0.25, -0.2) is 17.5 Å². The number of amides is 1. The second-order valence-electron chi connectivity index (χ2n) is 7.01. The highest BCUT2D eigenvalue weighted by Crippen LogP contribution is 2.22. The molecule has 0 aliphatic carbocycles. The molecule has 28 heavy (non-hydrogen) atoms. The number of rotatable bonds is 8. The van der Waals surface area contributed by atoms with E-state index in [1.807, 2.05) is 23.1 Å². The summed E-state index contributed by atoms with van der Waals surface area (Å²) in [5, 5.41) is 0. The Labute approximate surface area is 165 Å². The van der Waals surface area contributed by atoms with Gasteiger partial charge in [-0.3, -0.25) is 4.79 Å². The fourth-order valence-corrected chi connectivity index (χ4v) is 4.61. The van der Waals surface area contributed by atoms with Gasteiger partial charge in [-0.15, -0.1) is 0 Å². The molecule has 2 aromatic carbocycles. The molecule has 1 unspecified atom stereocenters. The van der Waals surface area contributed by atoms with Gasteiger partial charge in [0.2, 0.25) is 15.9 Å². The lowest BCUT2D eigenvalue weighted by Gasteiger charge is -2.25. The molecule has 1 N–H and O–H groups in total. The van der Waals surface area contributed by atoms with Gasteiger partial charge < -0.3 is 4.90 Å². The highest BCUT2D eigenvalue weighted by atomic mass is 32.2. The van der Waals surface area contributed by atoms with Gasteiger partial charge in [-0.2, -0.15) is 0 Å². The third-order valence-corrected chi connectivity index (χ3v) is 6.54. The van der Waals surface area contributed by atoms with Gasteiger partial charge in [-0.1, -0.05) is 30.3 Å². The van der Waals surface area contributed by atoms with E-state index in [0.29, 0.717) is 0 Å². The molecule has 0 spiro atoms. The minimum absolute atomic E-state index is 0.0109. The summed E-state index contributed by atoms with van der Waals surface area (Å²) in [7, 11) is -3.74. The SMILES string of the molecule is O=C(CCNS(=O)(=O)c1ccc(F)cc1)N1CCCC1CCc1ccccc1. The summed E-state index contributed by atoms with van der Waals surface area (Å²) < 4.78 is 39.8. The molecular formula is C21H25FN2O3S. The Bertz CT molecular complexity index is 886. The second kappa shape index (κ2) is 9.30. The molecule has 1 amide bonds.